The minimum Gasteiger partial charge on any atom is -0.487 e. The highest BCUT2D eigenvalue weighted by Crippen LogP contribution is 2.30. The normalized spacial score (nSPS) is 24.0. The monoisotopic (exact) mass is 278 g/mol. The quantitative estimate of drug-likeness (QED) is 0.627. The number of halogens is 3. The standard InChI is InChI=1S/C10H9BrF2O2/c1-10(5-15-10)4-14-8-3-6(11)2-7(12)9(8)13/h2-3H,4-5H2,1H3. The third kappa shape index (κ3) is 2.46. The van der Waals surface area contributed by atoms with E-state index >= 15 is 0 Å². The van der Waals surface area contributed by atoms with Gasteiger partial charge in [-0.15, -0.1) is 0 Å². The maximum absolute atomic E-state index is 13.2. The van der Waals surface area contributed by atoms with E-state index in [1.807, 2.05) is 6.92 Å². The molecule has 0 N–H and O–H groups in total. The van der Waals surface area contributed by atoms with Gasteiger partial charge in [-0.3, -0.25) is 0 Å². The van der Waals surface area contributed by atoms with Crippen LogP contribution in [0.3, 0.4) is 0 Å². The molecule has 1 saturated heterocycles. The van der Waals surface area contributed by atoms with E-state index in [0.717, 1.165) is 6.07 Å². The number of epoxide rings is 1. The summed E-state index contributed by atoms with van der Waals surface area (Å²) in [5.74, 6) is -2.00. The van der Waals surface area contributed by atoms with Crippen molar-refractivity contribution in [2.75, 3.05) is 13.2 Å². The summed E-state index contributed by atoms with van der Waals surface area (Å²) in [5.41, 5.74) is -0.342. The maximum Gasteiger partial charge on any atom is 0.200 e. The fourth-order valence-electron chi connectivity index (χ4n) is 1.07. The van der Waals surface area contributed by atoms with Gasteiger partial charge < -0.3 is 9.47 Å². The number of rotatable bonds is 3. The molecule has 0 spiro atoms. The van der Waals surface area contributed by atoms with Gasteiger partial charge in [0.25, 0.3) is 0 Å². The molecule has 2 rings (SSSR count). The van der Waals surface area contributed by atoms with Crippen LogP contribution in [0.1, 0.15) is 6.92 Å². The number of hydrogen-bond donors (Lipinski definition) is 0. The summed E-state index contributed by atoms with van der Waals surface area (Å²) in [4.78, 5) is 0. The number of benzene rings is 1. The van der Waals surface area contributed by atoms with Gasteiger partial charge in [-0.05, 0) is 19.1 Å². The molecule has 2 nitrogen and oxygen atoms in total. The highest BCUT2D eigenvalue weighted by atomic mass is 79.9. The zero-order valence-electron chi connectivity index (χ0n) is 8.02. The lowest BCUT2D eigenvalue weighted by molar-refractivity contribution is 0.195. The zero-order valence-corrected chi connectivity index (χ0v) is 9.61. The number of ether oxygens (including phenoxy) is 2. The van der Waals surface area contributed by atoms with Crippen molar-refractivity contribution in [2.24, 2.45) is 0 Å². The molecule has 0 bridgehead atoms. The van der Waals surface area contributed by atoms with Crippen molar-refractivity contribution in [2.45, 2.75) is 12.5 Å². The maximum atomic E-state index is 13.2. The minimum atomic E-state index is -0.970. The van der Waals surface area contributed by atoms with Crippen molar-refractivity contribution in [3.8, 4) is 5.75 Å². The molecule has 1 aromatic carbocycles. The van der Waals surface area contributed by atoms with Crippen molar-refractivity contribution >= 4 is 15.9 Å². The summed E-state index contributed by atoms with van der Waals surface area (Å²) in [6.45, 7) is 2.66. The molecule has 0 amide bonds. The van der Waals surface area contributed by atoms with Crippen LogP contribution >= 0.6 is 15.9 Å². The predicted octanol–water partition coefficient (Wildman–Crippen LogP) is 2.90. The van der Waals surface area contributed by atoms with Crippen molar-refractivity contribution in [1.82, 2.24) is 0 Å². The van der Waals surface area contributed by atoms with Gasteiger partial charge >= 0.3 is 0 Å². The van der Waals surface area contributed by atoms with Gasteiger partial charge in [0.2, 0.25) is 5.82 Å². The second kappa shape index (κ2) is 3.72. The average molecular weight is 279 g/mol. The third-order valence-corrected chi connectivity index (χ3v) is 2.59. The molecule has 1 atom stereocenters. The average Bonchev–Trinajstić information content (AvgIpc) is 2.88. The highest BCUT2D eigenvalue weighted by molar-refractivity contribution is 9.10. The van der Waals surface area contributed by atoms with Crippen molar-refractivity contribution < 1.29 is 18.3 Å². The van der Waals surface area contributed by atoms with E-state index in [0.29, 0.717) is 11.1 Å². The van der Waals surface area contributed by atoms with Gasteiger partial charge in [-0.1, -0.05) is 15.9 Å². The van der Waals surface area contributed by atoms with E-state index in [2.05, 4.69) is 15.9 Å². The van der Waals surface area contributed by atoms with Crippen LogP contribution in [0.4, 0.5) is 8.78 Å². The van der Waals surface area contributed by atoms with Crippen LogP contribution in [-0.4, -0.2) is 18.8 Å². The lowest BCUT2D eigenvalue weighted by atomic mass is 10.2. The Labute approximate surface area is 94.3 Å². The lowest BCUT2D eigenvalue weighted by Crippen LogP contribution is -2.17. The van der Waals surface area contributed by atoms with E-state index in [4.69, 9.17) is 9.47 Å². The van der Waals surface area contributed by atoms with Gasteiger partial charge in [-0.25, -0.2) is 4.39 Å². The second-order valence-electron chi connectivity index (χ2n) is 3.73. The first-order valence-electron chi connectivity index (χ1n) is 4.41. The van der Waals surface area contributed by atoms with Crippen molar-refractivity contribution in [3.63, 3.8) is 0 Å². The van der Waals surface area contributed by atoms with Gasteiger partial charge in [0.15, 0.2) is 11.6 Å². The Kier molecular flexibility index (Phi) is 2.68. The largest absolute Gasteiger partial charge is 0.487 e. The Morgan fingerprint density at radius 3 is 2.80 bits per heavy atom. The van der Waals surface area contributed by atoms with Crippen LogP contribution in [0.15, 0.2) is 16.6 Å². The topological polar surface area (TPSA) is 21.8 Å². The van der Waals surface area contributed by atoms with E-state index < -0.39 is 11.6 Å². The molecule has 0 aliphatic carbocycles. The van der Waals surface area contributed by atoms with E-state index in [9.17, 15) is 8.78 Å². The van der Waals surface area contributed by atoms with E-state index in [1.165, 1.54) is 6.07 Å². The first-order valence-corrected chi connectivity index (χ1v) is 5.21. The van der Waals surface area contributed by atoms with E-state index in [-0.39, 0.29) is 18.0 Å². The molecule has 1 unspecified atom stereocenters. The molecular weight excluding hydrogens is 270 g/mol. The highest BCUT2D eigenvalue weighted by Gasteiger charge is 2.40. The summed E-state index contributed by atoms with van der Waals surface area (Å²) >= 11 is 3.07. The summed E-state index contributed by atoms with van der Waals surface area (Å²) in [6, 6.07) is 2.45. The number of hydrogen-bond acceptors (Lipinski definition) is 2. The smallest absolute Gasteiger partial charge is 0.200 e. The minimum absolute atomic E-state index is 0.0985. The predicted molar refractivity (Wildman–Crippen MR) is 53.9 cm³/mol. The third-order valence-electron chi connectivity index (χ3n) is 2.13. The Balaban J connectivity index is 2.13. The van der Waals surface area contributed by atoms with Gasteiger partial charge in [0.05, 0.1) is 6.61 Å². The molecule has 0 radical (unpaired) electrons. The van der Waals surface area contributed by atoms with Crippen LogP contribution in [0, 0.1) is 11.6 Å². The van der Waals surface area contributed by atoms with Crippen LogP contribution in [0.2, 0.25) is 0 Å². The first-order chi connectivity index (χ1) is 7.00. The fourth-order valence-corrected chi connectivity index (χ4v) is 1.48. The molecule has 1 aliphatic heterocycles. The fraction of sp³-hybridized carbons (Fsp3) is 0.400. The molecule has 0 saturated carbocycles. The summed E-state index contributed by atoms with van der Waals surface area (Å²) < 4.78 is 36.8. The summed E-state index contributed by atoms with van der Waals surface area (Å²) in [7, 11) is 0. The molecular formula is C10H9BrF2O2. The van der Waals surface area contributed by atoms with Crippen LogP contribution in [0.25, 0.3) is 0 Å². The van der Waals surface area contributed by atoms with Crippen LogP contribution in [-0.2, 0) is 4.74 Å². The Hall–Kier alpha value is -0.680. The molecule has 5 heteroatoms. The zero-order chi connectivity index (χ0) is 11.1. The van der Waals surface area contributed by atoms with Crippen LogP contribution < -0.4 is 4.74 Å². The van der Waals surface area contributed by atoms with Crippen molar-refractivity contribution in [1.29, 1.82) is 0 Å². The van der Waals surface area contributed by atoms with E-state index in [1.54, 1.807) is 0 Å². The van der Waals surface area contributed by atoms with Gasteiger partial charge in [-0.2, -0.15) is 4.39 Å². The Morgan fingerprint density at radius 2 is 2.20 bits per heavy atom. The Bertz CT molecular complexity index is 391. The molecule has 1 aromatic rings. The molecule has 1 fully saturated rings. The van der Waals surface area contributed by atoms with Gasteiger partial charge in [0, 0.05) is 4.47 Å². The molecule has 15 heavy (non-hydrogen) atoms. The first kappa shape index (κ1) is 10.8. The molecule has 1 heterocycles. The van der Waals surface area contributed by atoms with Gasteiger partial charge in [0.1, 0.15) is 12.2 Å². The molecule has 0 aromatic heterocycles. The lowest BCUT2D eigenvalue weighted by Gasteiger charge is -2.10. The molecule has 82 valence electrons. The second-order valence-corrected chi connectivity index (χ2v) is 4.64. The van der Waals surface area contributed by atoms with Crippen LogP contribution in [0.5, 0.6) is 5.75 Å². The summed E-state index contributed by atoms with van der Waals surface area (Å²) in [5, 5.41) is 0. The summed E-state index contributed by atoms with van der Waals surface area (Å²) in [6.07, 6.45) is 0. The SMILES string of the molecule is CC1(COc2cc(Br)cc(F)c2F)CO1. The van der Waals surface area contributed by atoms with Crippen molar-refractivity contribution in [3.05, 3.63) is 28.2 Å². The Morgan fingerprint density at radius 1 is 1.53 bits per heavy atom. The molecule has 1 aliphatic rings.